The first kappa shape index (κ1) is 14.2. The van der Waals surface area contributed by atoms with Crippen LogP contribution in [-0.2, 0) is 4.79 Å². The van der Waals surface area contributed by atoms with Crippen molar-refractivity contribution in [2.24, 2.45) is 0 Å². The highest BCUT2D eigenvalue weighted by molar-refractivity contribution is 9.10. The molecule has 1 aromatic carbocycles. The Kier molecular flexibility index (Phi) is 3.77. The van der Waals surface area contributed by atoms with Crippen LogP contribution in [0.3, 0.4) is 0 Å². The smallest absolute Gasteiger partial charge is 0.249 e. The Morgan fingerprint density at radius 3 is 3.05 bits per heavy atom. The molecule has 6 nitrogen and oxygen atoms in total. The molecule has 1 saturated heterocycles. The summed E-state index contributed by atoms with van der Waals surface area (Å²) < 4.78 is 6.21. The van der Waals surface area contributed by atoms with Crippen LogP contribution in [-0.4, -0.2) is 38.7 Å². The van der Waals surface area contributed by atoms with E-state index in [2.05, 4.69) is 26.1 Å². The van der Waals surface area contributed by atoms with Gasteiger partial charge in [-0.1, -0.05) is 33.2 Å². The third-order valence-corrected chi connectivity index (χ3v) is 3.99. The number of rotatable bonds is 2. The summed E-state index contributed by atoms with van der Waals surface area (Å²) in [6.45, 7) is 1.77. The first-order valence-corrected chi connectivity index (χ1v) is 7.38. The van der Waals surface area contributed by atoms with Gasteiger partial charge in [-0.15, -0.1) is 0 Å². The minimum absolute atomic E-state index is 0.112. The molecule has 0 spiro atoms. The lowest BCUT2D eigenvalue weighted by atomic mass is 10.2. The van der Waals surface area contributed by atoms with E-state index in [1.54, 1.807) is 4.90 Å². The quantitative estimate of drug-likeness (QED) is 0.896. The van der Waals surface area contributed by atoms with E-state index in [-0.39, 0.29) is 11.9 Å². The fourth-order valence-electron chi connectivity index (χ4n) is 2.51. The Bertz CT molecular complexity index is 673. The molecule has 7 heteroatoms. The molecule has 1 aliphatic heterocycles. The first-order chi connectivity index (χ1) is 10.0. The van der Waals surface area contributed by atoms with Crippen molar-refractivity contribution < 1.29 is 14.4 Å². The molecule has 110 valence electrons. The van der Waals surface area contributed by atoms with Crippen LogP contribution in [0.5, 0.6) is 0 Å². The standard InChI is InChI=1S/C14H14BrN3O3/c1-8(19)18-7-11(20)6-12(18)14-16-13(17-21-14)9-3-2-4-10(15)5-9/h2-5,11-12,20H,6-7H2,1H3/t11-,12-/m0/s1. The van der Waals surface area contributed by atoms with Crippen molar-refractivity contribution in [2.45, 2.75) is 25.5 Å². The summed E-state index contributed by atoms with van der Waals surface area (Å²) >= 11 is 3.40. The van der Waals surface area contributed by atoms with Crippen LogP contribution >= 0.6 is 15.9 Å². The topological polar surface area (TPSA) is 79.5 Å². The predicted octanol–water partition coefficient (Wildman–Crippen LogP) is 2.15. The van der Waals surface area contributed by atoms with Gasteiger partial charge in [-0.25, -0.2) is 0 Å². The number of aromatic nitrogens is 2. The van der Waals surface area contributed by atoms with Crippen LogP contribution in [0.25, 0.3) is 11.4 Å². The molecule has 1 aliphatic rings. The average molecular weight is 352 g/mol. The third-order valence-electron chi connectivity index (χ3n) is 3.49. The summed E-state index contributed by atoms with van der Waals surface area (Å²) in [6.07, 6.45) is -0.139. The van der Waals surface area contributed by atoms with Crippen molar-refractivity contribution in [3.05, 3.63) is 34.6 Å². The number of carbonyl (C=O) groups excluding carboxylic acids is 1. The molecule has 0 aliphatic carbocycles. The second-order valence-electron chi connectivity index (χ2n) is 5.04. The summed E-state index contributed by atoms with van der Waals surface area (Å²) in [5, 5.41) is 13.7. The van der Waals surface area contributed by atoms with Gasteiger partial charge in [0.2, 0.25) is 17.6 Å². The largest absolute Gasteiger partial charge is 0.391 e. The molecule has 1 N–H and O–H groups in total. The van der Waals surface area contributed by atoms with Crippen molar-refractivity contribution in [1.82, 2.24) is 15.0 Å². The molecule has 0 unspecified atom stereocenters. The van der Waals surface area contributed by atoms with Crippen molar-refractivity contribution in [3.8, 4) is 11.4 Å². The van der Waals surface area contributed by atoms with E-state index in [1.165, 1.54) is 6.92 Å². The van der Waals surface area contributed by atoms with Crippen LogP contribution in [0.15, 0.2) is 33.3 Å². The molecule has 2 heterocycles. The number of hydrogen-bond donors (Lipinski definition) is 1. The van der Waals surface area contributed by atoms with Gasteiger partial charge in [-0.2, -0.15) is 4.98 Å². The fourth-order valence-corrected chi connectivity index (χ4v) is 2.91. The first-order valence-electron chi connectivity index (χ1n) is 6.59. The Morgan fingerprint density at radius 1 is 1.52 bits per heavy atom. The van der Waals surface area contributed by atoms with Crippen LogP contribution in [0.1, 0.15) is 25.3 Å². The molecular formula is C14H14BrN3O3. The maximum Gasteiger partial charge on any atom is 0.249 e. The molecule has 0 bridgehead atoms. The van der Waals surface area contributed by atoms with Crippen LogP contribution in [0.4, 0.5) is 0 Å². The number of amides is 1. The molecule has 1 aromatic heterocycles. The minimum Gasteiger partial charge on any atom is -0.391 e. The number of nitrogens with zero attached hydrogens (tertiary/aromatic N) is 3. The Balaban J connectivity index is 1.89. The molecule has 0 radical (unpaired) electrons. The van der Waals surface area contributed by atoms with E-state index in [9.17, 15) is 9.90 Å². The molecule has 2 aromatic rings. The van der Waals surface area contributed by atoms with Gasteiger partial charge in [0, 0.05) is 29.9 Å². The maximum atomic E-state index is 11.6. The van der Waals surface area contributed by atoms with E-state index < -0.39 is 6.10 Å². The zero-order chi connectivity index (χ0) is 15.0. The zero-order valence-corrected chi connectivity index (χ0v) is 12.9. The van der Waals surface area contributed by atoms with Crippen molar-refractivity contribution >= 4 is 21.8 Å². The van der Waals surface area contributed by atoms with E-state index in [4.69, 9.17) is 4.52 Å². The number of hydrogen-bond acceptors (Lipinski definition) is 5. The van der Waals surface area contributed by atoms with Crippen molar-refractivity contribution in [2.75, 3.05) is 6.54 Å². The SMILES string of the molecule is CC(=O)N1C[C@@H](O)C[C@H]1c1nc(-c2cccc(Br)c2)no1. The predicted molar refractivity (Wildman–Crippen MR) is 78.2 cm³/mol. The molecule has 3 rings (SSSR count). The van der Waals surface area contributed by atoms with Gasteiger partial charge in [0.25, 0.3) is 0 Å². The molecule has 2 atom stereocenters. The lowest BCUT2D eigenvalue weighted by molar-refractivity contribution is -0.130. The summed E-state index contributed by atoms with van der Waals surface area (Å²) in [4.78, 5) is 17.5. The highest BCUT2D eigenvalue weighted by Crippen LogP contribution is 2.32. The van der Waals surface area contributed by atoms with E-state index in [1.807, 2.05) is 24.3 Å². The number of β-amino-alcohol motifs (C(OH)–C–C–N with tert-alkyl or cyclic N) is 1. The Labute approximate surface area is 129 Å². The van der Waals surface area contributed by atoms with Gasteiger partial charge >= 0.3 is 0 Å². The summed E-state index contributed by atoms with van der Waals surface area (Å²) in [5.41, 5.74) is 0.826. The molecule has 1 amide bonds. The molecule has 0 saturated carbocycles. The van der Waals surface area contributed by atoms with Gasteiger partial charge in [0.1, 0.15) is 6.04 Å². The van der Waals surface area contributed by atoms with Crippen LogP contribution in [0, 0.1) is 0 Å². The summed E-state index contributed by atoms with van der Waals surface area (Å²) in [6, 6.07) is 7.21. The summed E-state index contributed by atoms with van der Waals surface area (Å²) in [7, 11) is 0. The molecule has 1 fully saturated rings. The highest BCUT2D eigenvalue weighted by atomic mass is 79.9. The van der Waals surface area contributed by atoms with Crippen molar-refractivity contribution in [3.63, 3.8) is 0 Å². The number of aliphatic hydroxyl groups excluding tert-OH is 1. The second-order valence-corrected chi connectivity index (χ2v) is 5.96. The number of carbonyl (C=O) groups is 1. The maximum absolute atomic E-state index is 11.6. The molecule has 21 heavy (non-hydrogen) atoms. The second kappa shape index (κ2) is 5.57. The van der Waals surface area contributed by atoms with Crippen molar-refractivity contribution in [1.29, 1.82) is 0 Å². The van der Waals surface area contributed by atoms with Gasteiger partial charge in [0.05, 0.1) is 6.10 Å². The lowest BCUT2D eigenvalue weighted by Crippen LogP contribution is -2.29. The van der Waals surface area contributed by atoms with E-state index >= 15 is 0 Å². The lowest BCUT2D eigenvalue weighted by Gasteiger charge is -2.19. The average Bonchev–Trinajstić information content (AvgIpc) is 3.04. The normalized spacial score (nSPS) is 21.8. The number of aliphatic hydroxyl groups is 1. The Morgan fingerprint density at radius 2 is 2.33 bits per heavy atom. The van der Waals surface area contributed by atoms with Gasteiger partial charge in [0.15, 0.2) is 0 Å². The number of likely N-dealkylation sites (tertiary alicyclic amines) is 1. The number of halogens is 1. The monoisotopic (exact) mass is 351 g/mol. The van der Waals surface area contributed by atoms with E-state index in [0.717, 1.165) is 10.0 Å². The Hall–Kier alpha value is -1.73. The molecular weight excluding hydrogens is 338 g/mol. The number of benzene rings is 1. The highest BCUT2D eigenvalue weighted by Gasteiger charge is 2.37. The third kappa shape index (κ3) is 2.84. The van der Waals surface area contributed by atoms with Crippen LogP contribution < -0.4 is 0 Å². The minimum atomic E-state index is -0.555. The fraction of sp³-hybridized carbons (Fsp3) is 0.357. The van der Waals surface area contributed by atoms with Gasteiger partial charge < -0.3 is 14.5 Å². The van der Waals surface area contributed by atoms with Gasteiger partial charge in [-0.05, 0) is 12.1 Å². The zero-order valence-electron chi connectivity index (χ0n) is 11.4. The van der Waals surface area contributed by atoms with E-state index in [0.29, 0.717) is 24.7 Å². The van der Waals surface area contributed by atoms with Gasteiger partial charge in [-0.3, -0.25) is 4.79 Å². The summed E-state index contributed by atoms with van der Waals surface area (Å²) in [5.74, 6) is 0.715. The van der Waals surface area contributed by atoms with Crippen LogP contribution in [0.2, 0.25) is 0 Å².